The van der Waals surface area contributed by atoms with Gasteiger partial charge in [0.15, 0.2) is 0 Å². The first-order valence-corrected chi connectivity index (χ1v) is 9.59. The van der Waals surface area contributed by atoms with Crippen LogP contribution in [0.5, 0.6) is 0 Å². The number of carbonyl (C=O) groups is 1. The molecule has 2 atom stereocenters. The third-order valence-corrected chi connectivity index (χ3v) is 5.64. The maximum Gasteiger partial charge on any atom is 0.226 e. The summed E-state index contributed by atoms with van der Waals surface area (Å²) in [6, 6.07) is 5.83. The SMILES string of the molecule is CC1NCCCC1NC(=O)Cc1csc(-c2ccc(Cl)cc2Cl)n1.Cl.Cl. The van der Waals surface area contributed by atoms with Crippen molar-refractivity contribution in [3.63, 3.8) is 0 Å². The van der Waals surface area contributed by atoms with Crippen LogP contribution < -0.4 is 10.6 Å². The van der Waals surface area contributed by atoms with E-state index in [2.05, 4.69) is 22.5 Å². The Kier molecular flexibility index (Phi) is 9.65. The van der Waals surface area contributed by atoms with Crippen molar-refractivity contribution in [2.24, 2.45) is 0 Å². The number of thiazole rings is 1. The molecule has 2 aromatic rings. The minimum Gasteiger partial charge on any atom is -0.351 e. The van der Waals surface area contributed by atoms with Crippen molar-refractivity contribution in [2.45, 2.75) is 38.3 Å². The van der Waals surface area contributed by atoms with Crippen LogP contribution in [0.2, 0.25) is 10.0 Å². The fraction of sp³-hybridized carbons (Fsp3) is 0.412. The standard InChI is InChI=1S/C17H19Cl2N3OS.2ClH/c1-10-15(3-2-6-20-10)22-16(23)8-12-9-24-17(21-12)13-5-4-11(18)7-14(13)19;;/h4-5,7,9-10,15,20H,2-3,6,8H2,1H3,(H,22,23);2*1H. The maximum absolute atomic E-state index is 12.3. The van der Waals surface area contributed by atoms with Crippen LogP contribution in [0.1, 0.15) is 25.5 Å². The molecule has 4 nitrogen and oxygen atoms in total. The monoisotopic (exact) mass is 455 g/mol. The Labute approximate surface area is 179 Å². The Morgan fingerprint density at radius 1 is 1.38 bits per heavy atom. The quantitative estimate of drug-likeness (QED) is 0.697. The second kappa shape index (κ2) is 10.7. The van der Waals surface area contributed by atoms with Crippen molar-refractivity contribution >= 4 is 65.3 Å². The van der Waals surface area contributed by atoms with Gasteiger partial charge in [-0.2, -0.15) is 0 Å². The smallest absolute Gasteiger partial charge is 0.226 e. The van der Waals surface area contributed by atoms with Gasteiger partial charge in [0, 0.05) is 28.0 Å². The lowest BCUT2D eigenvalue weighted by Crippen LogP contribution is -2.52. The zero-order valence-corrected chi connectivity index (χ0v) is 18.1. The lowest BCUT2D eigenvalue weighted by Gasteiger charge is -2.30. The Balaban J connectivity index is 0.00000169. The highest BCUT2D eigenvalue weighted by Gasteiger charge is 2.22. The normalized spacial score (nSPS) is 19.2. The molecule has 3 rings (SSSR count). The van der Waals surface area contributed by atoms with Crippen molar-refractivity contribution in [3.8, 4) is 10.6 Å². The van der Waals surface area contributed by atoms with Gasteiger partial charge >= 0.3 is 0 Å². The molecule has 2 unspecified atom stereocenters. The molecular formula is C17H21Cl4N3OS. The molecule has 1 fully saturated rings. The molecule has 1 amide bonds. The van der Waals surface area contributed by atoms with E-state index >= 15 is 0 Å². The van der Waals surface area contributed by atoms with Gasteiger partial charge in [-0.15, -0.1) is 36.2 Å². The predicted octanol–water partition coefficient (Wildman–Crippen LogP) is 4.76. The highest BCUT2D eigenvalue weighted by atomic mass is 35.5. The highest BCUT2D eigenvalue weighted by Crippen LogP contribution is 2.32. The minimum absolute atomic E-state index is 0. The van der Waals surface area contributed by atoms with Crippen LogP contribution in [0.25, 0.3) is 10.6 Å². The molecule has 1 saturated heterocycles. The Bertz CT molecular complexity index is 741. The summed E-state index contributed by atoms with van der Waals surface area (Å²) in [6.07, 6.45) is 2.39. The van der Waals surface area contributed by atoms with E-state index in [0.717, 1.165) is 35.7 Å². The molecule has 1 aromatic carbocycles. The van der Waals surface area contributed by atoms with E-state index in [1.54, 1.807) is 12.1 Å². The molecular weight excluding hydrogens is 436 g/mol. The average Bonchev–Trinajstić information content (AvgIpc) is 2.97. The number of halogens is 4. The van der Waals surface area contributed by atoms with Gasteiger partial charge < -0.3 is 10.6 Å². The lowest BCUT2D eigenvalue weighted by molar-refractivity contribution is -0.121. The molecule has 1 aromatic heterocycles. The highest BCUT2D eigenvalue weighted by molar-refractivity contribution is 7.13. The number of rotatable bonds is 4. The summed E-state index contributed by atoms with van der Waals surface area (Å²) in [5, 5.41) is 10.3. The second-order valence-electron chi connectivity index (χ2n) is 6.00. The fourth-order valence-corrected chi connectivity index (χ4v) is 4.25. The number of hydrogen-bond donors (Lipinski definition) is 2. The first-order valence-electron chi connectivity index (χ1n) is 7.95. The van der Waals surface area contributed by atoms with Crippen molar-refractivity contribution in [1.29, 1.82) is 0 Å². The predicted molar refractivity (Wildman–Crippen MR) is 114 cm³/mol. The molecule has 2 heterocycles. The summed E-state index contributed by atoms with van der Waals surface area (Å²) >= 11 is 13.6. The molecule has 0 bridgehead atoms. The minimum atomic E-state index is 0. The molecule has 1 aliphatic rings. The van der Waals surface area contributed by atoms with Gasteiger partial charge in [0.2, 0.25) is 5.91 Å². The number of amides is 1. The fourth-order valence-electron chi connectivity index (χ4n) is 2.84. The third kappa shape index (κ3) is 5.98. The second-order valence-corrected chi connectivity index (χ2v) is 7.71. The Morgan fingerprint density at radius 2 is 2.15 bits per heavy atom. The zero-order valence-electron chi connectivity index (χ0n) is 14.1. The zero-order chi connectivity index (χ0) is 17.1. The molecule has 2 N–H and O–H groups in total. The van der Waals surface area contributed by atoms with Gasteiger partial charge in [0.1, 0.15) is 5.01 Å². The molecule has 1 aliphatic heterocycles. The van der Waals surface area contributed by atoms with Crippen LogP contribution in [0.3, 0.4) is 0 Å². The Morgan fingerprint density at radius 3 is 2.85 bits per heavy atom. The van der Waals surface area contributed by atoms with E-state index in [9.17, 15) is 4.79 Å². The number of benzene rings is 1. The number of hydrogen-bond acceptors (Lipinski definition) is 4. The van der Waals surface area contributed by atoms with E-state index in [1.165, 1.54) is 11.3 Å². The molecule has 0 spiro atoms. The van der Waals surface area contributed by atoms with Crippen molar-refractivity contribution in [3.05, 3.63) is 39.3 Å². The van der Waals surface area contributed by atoms with Crippen molar-refractivity contribution in [1.82, 2.24) is 15.6 Å². The van der Waals surface area contributed by atoms with Crippen LogP contribution in [0, 0.1) is 0 Å². The van der Waals surface area contributed by atoms with Crippen molar-refractivity contribution in [2.75, 3.05) is 6.54 Å². The largest absolute Gasteiger partial charge is 0.351 e. The molecule has 0 radical (unpaired) electrons. The summed E-state index contributed by atoms with van der Waals surface area (Å²) in [5.41, 5.74) is 1.60. The first-order chi connectivity index (χ1) is 11.5. The number of nitrogens with zero attached hydrogens (tertiary/aromatic N) is 1. The number of nitrogens with one attached hydrogen (secondary N) is 2. The number of carbonyl (C=O) groups excluding carboxylic acids is 1. The molecule has 0 saturated carbocycles. The maximum atomic E-state index is 12.3. The van der Waals surface area contributed by atoms with Gasteiger partial charge in [0.25, 0.3) is 0 Å². The molecule has 9 heteroatoms. The lowest BCUT2D eigenvalue weighted by atomic mass is 10.00. The summed E-state index contributed by atoms with van der Waals surface area (Å²) in [6.45, 7) is 3.12. The number of aromatic nitrogens is 1. The van der Waals surface area contributed by atoms with Crippen LogP contribution in [-0.2, 0) is 11.2 Å². The van der Waals surface area contributed by atoms with E-state index in [1.807, 2.05) is 11.4 Å². The van der Waals surface area contributed by atoms with Gasteiger partial charge in [-0.1, -0.05) is 23.2 Å². The summed E-state index contributed by atoms with van der Waals surface area (Å²) in [7, 11) is 0. The van der Waals surface area contributed by atoms with Gasteiger partial charge in [0.05, 0.1) is 17.1 Å². The van der Waals surface area contributed by atoms with Crippen LogP contribution in [0.15, 0.2) is 23.6 Å². The summed E-state index contributed by atoms with van der Waals surface area (Å²) in [4.78, 5) is 16.8. The van der Waals surface area contributed by atoms with E-state index in [-0.39, 0.29) is 43.2 Å². The average molecular weight is 457 g/mol. The molecule has 0 aliphatic carbocycles. The van der Waals surface area contributed by atoms with Crippen LogP contribution in [0.4, 0.5) is 0 Å². The van der Waals surface area contributed by atoms with E-state index in [4.69, 9.17) is 23.2 Å². The molecule has 144 valence electrons. The number of piperidine rings is 1. The van der Waals surface area contributed by atoms with Gasteiger partial charge in [-0.25, -0.2) is 4.98 Å². The van der Waals surface area contributed by atoms with E-state index in [0.29, 0.717) is 16.1 Å². The van der Waals surface area contributed by atoms with Gasteiger partial charge in [-0.3, -0.25) is 4.79 Å². The summed E-state index contributed by atoms with van der Waals surface area (Å²) in [5.74, 6) is 0.00889. The van der Waals surface area contributed by atoms with Gasteiger partial charge in [-0.05, 0) is 44.5 Å². The molecule has 26 heavy (non-hydrogen) atoms. The third-order valence-electron chi connectivity index (χ3n) is 4.16. The topological polar surface area (TPSA) is 54.0 Å². The van der Waals surface area contributed by atoms with Crippen molar-refractivity contribution < 1.29 is 4.79 Å². The first kappa shape index (κ1) is 23.5. The van der Waals surface area contributed by atoms with Crippen LogP contribution >= 0.6 is 59.4 Å². The van der Waals surface area contributed by atoms with Crippen LogP contribution in [-0.4, -0.2) is 29.5 Å². The summed E-state index contributed by atoms with van der Waals surface area (Å²) < 4.78 is 0. The van der Waals surface area contributed by atoms with E-state index < -0.39 is 0 Å². The Hall–Kier alpha value is -0.560.